The van der Waals surface area contributed by atoms with Gasteiger partial charge in [0.05, 0.1) is 163 Å². The molecular formula is C55H90N8O22S2. The Hall–Kier alpha value is -5.53. The van der Waals surface area contributed by atoms with Crippen LogP contribution in [0.15, 0.2) is 53.4 Å². The fraction of sp³-hybridized carbons (Fsp3) is 0.655. The van der Waals surface area contributed by atoms with Crippen molar-refractivity contribution < 1.29 is 104 Å². The lowest BCUT2D eigenvalue weighted by Crippen LogP contribution is -2.55. The van der Waals surface area contributed by atoms with Gasteiger partial charge in [-0.1, -0.05) is 6.07 Å². The molecule has 0 aliphatic carbocycles. The lowest BCUT2D eigenvalue weighted by molar-refractivity contribution is -0.140. The molecule has 0 unspecified atom stereocenters. The number of sulfonamides is 1. The van der Waals surface area contributed by atoms with E-state index >= 15 is 0 Å². The number of carbonyl (C=O) groups excluding carboxylic acids is 6. The van der Waals surface area contributed by atoms with Gasteiger partial charge in [0.1, 0.15) is 17.9 Å². The molecule has 0 aromatic heterocycles. The van der Waals surface area contributed by atoms with Crippen LogP contribution in [0.4, 0.5) is 21.9 Å². The number of urea groups is 1. The molecule has 0 bridgehead atoms. The van der Waals surface area contributed by atoms with Crippen molar-refractivity contribution in [3.8, 4) is 0 Å². The lowest BCUT2D eigenvalue weighted by atomic mass is 10.1. The standard InChI is InChI=1S/C55H90N8O22S2/c1-42(41-86)59-54(70)49(39-52(67)68)63-53(69)48(56)40-58-50(65)13-15-75-17-19-77-21-23-79-25-27-81-29-31-83-33-35-85-37-36-84-34-32-82-30-28-80-26-24-78-22-20-76-18-16-74-14-3-6-46(64)9-12-51(66)60-44-4-2-5-45(38-44)62-55(71)61-43-7-10-47(11-8-43)87(57,72)73/h2,4-5,7-8,10-11,38,42,48-49,86H,3,6,9,12-37,39-41,56H2,1H3,(H,58,65)(H,59,70)(H,60,66)(H,63,69)(H,67,68)(H2,57,72,73)(H2,61,62,71)/t42-,48+,49+/m1/s1. The summed E-state index contributed by atoms with van der Waals surface area (Å²) in [4.78, 5) is 85.1. The summed E-state index contributed by atoms with van der Waals surface area (Å²) in [7, 11) is -3.86. The summed E-state index contributed by atoms with van der Waals surface area (Å²) in [6, 6.07) is 8.33. The van der Waals surface area contributed by atoms with Gasteiger partial charge in [0, 0.05) is 67.7 Å². The first-order valence-electron chi connectivity index (χ1n) is 28.5. The molecule has 0 aliphatic heterocycles. The summed E-state index contributed by atoms with van der Waals surface area (Å²) in [6.45, 7) is 10.6. The van der Waals surface area contributed by atoms with E-state index in [4.69, 9.17) is 72.8 Å². The average molecular weight is 1280 g/mol. The third-order valence-electron chi connectivity index (χ3n) is 11.3. The van der Waals surface area contributed by atoms with Crippen molar-refractivity contribution in [3.05, 3.63) is 48.5 Å². The van der Waals surface area contributed by atoms with Gasteiger partial charge in [-0.05, 0) is 55.8 Å². The number of carboxylic acid groups (broad SMARTS) is 1. The summed E-state index contributed by atoms with van der Waals surface area (Å²) in [5, 5.41) is 29.5. The highest BCUT2D eigenvalue weighted by molar-refractivity contribution is 7.89. The van der Waals surface area contributed by atoms with Gasteiger partial charge >= 0.3 is 12.0 Å². The highest BCUT2D eigenvalue weighted by Gasteiger charge is 2.27. The fourth-order valence-corrected chi connectivity index (χ4v) is 7.42. The molecule has 0 radical (unpaired) electrons. The second kappa shape index (κ2) is 50.3. The van der Waals surface area contributed by atoms with Crippen LogP contribution in [-0.2, 0) is 95.6 Å². The number of Topliss-reactive ketones (excluding diaryl/α,β-unsaturated/α-hetero) is 1. The van der Waals surface area contributed by atoms with Crippen LogP contribution in [0.1, 0.15) is 45.4 Å². The minimum Gasteiger partial charge on any atom is -0.481 e. The number of benzene rings is 2. The zero-order valence-corrected chi connectivity index (χ0v) is 51.2. The number of nitrogens with one attached hydrogen (secondary N) is 6. The van der Waals surface area contributed by atoms with Crippen molar-refractivity contribution in [2.24, 2.45) is 10.9 Å². The van der Waals surface area contributed by atoms with Gasteiger partial charge in [-0.3, -0.25) is 28.8 Å². The van der Waals surface area contributed by atoms with Crippen LogP contribution < -0.4 is 42.8 Å². The number of carboxylic acids is 1. The normalized spacial score (nSPS) is 12.4. The molecule has 0 heterocycles. The number of primary sulfonamides is 1. The molecule has 11 N–H and O–H groups in total. The molecule has 0 saturated heterocycles. The van der Waals surface area contributed by atoms with E-state index in [1.165, 1.54) is 24.3 Å². The number of hydrogen-bond acceptors (Lipinski definition) is 23. The summed E-state index contributed by atoms with van der Waals surface area (Å²) < 4.78 is 88.7. The predicted molar refractivity (Wildman–Crippen MR) is 320 cm³/mol. The van der Waals surface area contributed by atoms with Gasteiger partial charge < -0.3 is 99.6 Å². The highest BCUT2D eigenvalue weighted by Crippen LogP contribution is 2.18. The molecule has 6 amide bonds. The van der Waals surface area contributed by atoms with Crippen LogP contribution in [0.3, 0.4) is 0 Å². The molecule has 0 fully saturated rings. The van der Waals surface area contributed by atoms with E-state index in [9.17, 15) is 42.0 Å². The first kappa shape index (κ1) is 77.6. The number of hydrogen-bond donors (Lipinski definition) is 10. The van der Waals surface area contributed by atoms with Crippen molar-refractivity contribution in [3.63, 3.8) is 0 Å². The molecule has 32 heteroatoms. The van der Waals surface area contributed by atoms with E-state index in [1.807, 2.05) is 0 Å². The number of carbonyl (C=O) groups is 7. The number of amides is 6. The predicted octanol–water partition coefficient (Wildman–Crippen LogP) is 0.473. The summed E-state index contributed by atoms with van der Waals surface area (Å²) in [5.74, 6) is -3.26. The molecule has 2 aromatic carbocycles. The SMILES string of the molecule is C[C@H](CS)NC(=O)[C@H](CC(=O)O)NC(=O)[C@@H](N)CNC(=O)CCOCCOCCOCCOCCOCCOCCOCCOCCOCCOCCOCCOCCCC(=O)CCC(=O)Nc1cccc(NC(=O)Nc2ccc(S(N)(=O)=O)cc2)c1. The minimum atomic E-state index is -3.86. The molecular weight excluding hydrogens is 1190 g/mol. The number of anilines is 3. The minimum absolute atomic E-state index is 0.000213. The summed E-state index contributed by atoms with van der Waals surface area (Å²) >= 11 is 4.06. The van der Waals surface area contributed by atoms with E-state index in [2.05, 4.69) is 44.5 Å². The van der Waals surface area contributed by atoms with Crippen LogP contribution in [0.25, 0.3) is 0 Å². The molecule has 87 heavy (non-hydrogen) atoms. The van der Waals surface area contributed by atoms with Gasteiger partial charge in [-0.2, -0.15) is 12.6 Å². The van der Waals surface area contributed by atoms with Crippen molar-refractivity contribution in [2.75, 3.05) is 187 Å². The zero-order valence-electron chi connectivity index (χ0n) is 49.5. The lowest BCUT2D eigenvalue weighted by Gasteiger charge is -2.21. The Labute approximate surface area is 513 Å². The maximum absolute atomic E-state index is 12.5. The zero-order chi connectivity index (χ0) is 63.6. The summed E-state index contributed by atoms with van der Waals surface area (Å²) in [5.41, 5.74) is 6.99. The molecule has 3 atom stereocenters. The Kier molecular flexibility index (Phi) is 44.9. The van der Waals surface area contributed by atoms with Gasteiger partial charge in [-0.25, -0.2) is 18.4 Å². The molecule has 0 spiro atoms. The third-order valence-corrected chi connectivity index (χ3v) is 12.8. The maximum atomic E-state index is 12.5. The molecule has 30 nitrogen and oxygen atoms in total. The Morgan fingerprint density at radius 1 is 0.506 bits per heavy atom. The molecule has 0 aliphatic rings. The van der Waals surface area contributed by atoms with Crippen LogP contribution >= 0.6 is 12.6 Å². The van der Waals surface area contributed by atoms with Gasteiger partial charge in [0.15, 0.2) is 0 Å². The summed E-state index contributed by atoms with van der Waals surface area (Å²) in [6.07, 6.45) is 0.242. The second-order valence-electron chi connectivity index (χ2n) is 18.7. The molecule has 0 saturated carbocycles. The van der Waals surface area contributed by atoms with E-state index in [1.54, 1.807) is 31.2 Å². The quantitative estimate of drug-likeness (QED) is 0.0318. The van der Waals surface area contributed by atoms with Crippen molar-refractivity contribution in [2.45, 2.75) is 68.5 Å². The maximum Gasteiger partial charge on any atom is 0.323 e. The van der Waals surface area contributed by atoms with Crippen molar-refractivity contribution in [1.82, 2.24) is 16.0 Å². The van der Waals surface area contributed by atoms with Gasteiger partial charge in [0.25, 0.3) is 0 Å². The van der Waals surface area contributed by atoms with Crippen LogP contribution in [0.2, 0.25) is 0 Å². The topological polar surface area (TPSA) is 409 Å². The van der Waals surface area contributed by atoms with E-state index in [-0.39, 0.29) is 68.1 Å². The number of thiol groups is 1. The Morgan fingerprint density at radius 2 is 0.920 bits per heavy atom. The first-order chi connectivity index (χ1) is 42.0. The van der Waals surface area contributed by atoms with E-state index in [0.29, 0.717) is 175 Å². The second-order valence-corrected chi connectivity index (χ2v) is 20.6. The smallest absolute Gasteiger partial charge is 0.323 e. The number of rotatable bonds is 56. The Morgan fingerprint density at radius 3 is 1.34 bits per heavy atom. The monoisotopic (exact) mass is 1280 g/mol. The molecule has 2 rings (SSSR count). The van der Waals surface area contributed by atoms with E-state index < -0.39 is 58.2 Å². The van der Waals surface area contributed by atoms with Crippen molar-refractivity contribution in [1.29, 1.82) is 0 Å². The van der Waals surface area contributed by atoms with E-state index in [0.717, 1.165) is 0 Å². The highest BCUT2D eigenvalue weighted by atomic mass is 32.2. The largest absolute Gasteiger partial charge is 0.481 e. The fourth-order valence-electron chi connectivity index (χ4n) is 6.81. The van der Waals surface area contributed by atoms with Gasteiger partial charge in [0.2, 0.25) is 33.7 Å². The Balaban J connectivity index is 1.24. The van der Waals surface area contributed by atoms with Crippen LogP contribution in [-0.4, -0.2) is 244 Å². The molecule has 494 valence electrons. The first-order valence-corrected chi connectivity index (χ1v) is 30.7. The van der Waals surface area contributed by atoms with Crippen LogP contribution in [0.5, 0.6) is 0 Å². The number of nitrogens with two attached hydrogens (primary N) is 2. The van der Waals surface area contributed by atoms with Gasteiger partial charge in [-0.15, -0.1) is 0 Å². The molecule has 2 aromatic rings. The average Bonchev–Trinajstić information content (AvgIpc) is 3.69. The number of ether oxygens (including phenoxy) is 12. The Bertz CT molecular complexity index is 2350. The van der Waals surface area contributed by atoms with Crippen molar-refractivity contribution >= 4 is 81.1 Å². The number of ketones is 1. The third kappa shape index (κ3) is 43.7. The van der Waals surface area contributed by atoms with Crippen LogP contribution in [0, 0.1) is 0 Å². The number of aliphatic carboxylic acids is 1.